The number of rotatable bonds is 4. The van der Waals surface area contributed by atoms with Gasteiger partial charge in [-0.3, -0.25) is 14.4 Å². The van der Waals surface area contributed by atoms with Crippen LogP contribution in [0, 0.1) is 0 Å². The predicted octanol–water partition coefficient (Wildman–Crippen LogP) is 2.49. The number of hydrogen-bond acceptors (Lipinski definition) is 4. The summed E-state index contributed by atoms with van der Waals surface area (Å²) in [5.41, 5.74) is 7.37. The van der Waals surface area contributed by atoms with Gasteiger partial charge < -0.3 is 20.7 Å². The van der Waals surface area contributed by atoms with E-state index in [9.17, 15) is 14.4 Å². The maximum atomic E-state index is 12.7. The van der Waals surface area contributed by atoms with Gasteiger partial charge in [0.1, 0.15) is 5.75 Å². The van der Waals surface area contributed by atoms with Crippen molar-refractivity contribution in [3.8, 4) is 5.75 Å². The van der Waals surface area contributed by atoms with Gasteiger partial charge in [-0.05, 0) is 60.7 Å². The van der Waals surface area contributed by atoms with E-state index in [1.165, 1.54) is 0 Å². The Labute approximate surface area is 159 Å². The lowest BCUT2D eigenvalue weighted by molar-refractivity contribution is -0.121. The van der Waals surface area contributed by atoms with Gasteiger partial charge in [0.15, 0.2) is 6.61 Å². The van der Waals surface area contributed by atoms with Crippen molar-refractivity contribution >= 4 is 45.0 Å². The molecule has 1 aliphatic carbocycles. The maximum Gasteiger partial charge on any atom is 0.265 e. The topological polar surface area (TPSA) is 102 Å². The van der Waals surface area contributed by atoms with E-state index in [1.807, 2.05) is 6.92 Å². The van der Waals surface area contributed by atoms with Gasteiger partial charge in [0.25, 0.3) is 11.8 Å². The molecule has 26 heavy (non-hydrogen) atoms. The summed E-state index contributed by atoms with van der Waals surface area (Å²) in [6.07, 6.45) is 2.74. The van der Waals surface area contributed by atoms with E-state index in [1.54, 1.807) is 17.0 Å². The number of likely N-dealkylation sites (N-methyl/N-ethyl adjacent to an activating group) is 1. The normalized spacial score (nSPS) is 16.8. The van der Waals surface area contributed by atoms with Crippen LogP contribution in [0.15, 0.2) is 27.8 Å². The van der Waals surface area contributed by atoms with Crippen LogP contribution >= 0.6 is 15.9 Å². The summed E-state index contributed by atoms with van der Waals surface area (Å²) in [4.78, 5) is 37.9. The van der Waals surface area contributed by atoms with Crippen LogP contribution in [0.4, 0.5) is 11.4 Å². The highest BCUT2D eigenvalue weighted by molar-refractivity contribution is 9.10. The van der Waals surface area contributed by atoms with Gasteiger partial charge >= 0.3 is 0 Å². The molecule has 7 nitrogen and oxygen atoms in total. The first-order valence-electron chi connectivity index (χ1n) is 8.52. The molecule has 138 valence electrons. The molecular formula is C18H20BrN3O4. The zero-order valence-electron chi connectivity index (χ0n) is 14.4. The number of ether oxygens (including phenoxy) is 1. The highest BCUT2D eigenvalue weighted by Crippen LogP contribution is 2.39. The first-order valence-corrected chi connectivity index (χ1v) is 9.31. The summed E-state index contributed by atoms with van der Waals surface area (Å²) in [5.74, 6) is -0.447. The standard InChI is InChI=1S/C18H20BrN3O4/c1-2-22-14-8-13(12(19)7-15(14)26-9-16(22)23)21-18(25)11-6-4-3-5-10(11)17(20)24/h7-8H,2-6,9H2,1H3,(H2,20,24)(H,21,25). The SMILES string of the molecule is CCN1C(=O)COc2cc(Br)c(NC(=O)C3=C(C(N)=O)CCCC3)cc21. The third kappa shape index (κ3) is 3.46. The number of amides is 3. The molecule has 0 radical (unpaired) electrons. The van der Waals surface area contributed by atoms with E-state index in [2.05, 4.69) is 21.2 Å². The molecular weight excluding hydrogens is 402 g/mol. The summed E-state index contributed by atoms with van der Waals surface area (Å²) in [6, 6.07) is 3.43. The molecule has 0 saturated heterocycles. The molecule has 1 aromatic carbocycles. The smallest absolute Gasteiger partial charge is 0.265 e. The predicted molar refractivity (Wildman–Crippen MR) is 101 cm³/mol. The van der Waals surface area contributed by atoms with Crippen molar-refractivity contribution in [1.82, 2.24) is 0 Å². The van der Waals surface area contributed by atoms with Gasteiger partial charge in [-0.25, -0.2) is 0 Å². The molecule has 0 fully saturated rings. The Morgan fingerprint density at radius 2 is 1.96 bits per heavy atom. The monoisotopic (exact) mass is 421 g/mol. The lowest BCUT2D eigenvalue weighted by atomic mass is 9.90. The van der Waals surface area contributed by atoms with Crippen LogP contribution in [-0.4, -0.2) is 30.9 Å². The fourth-order valence-corrected chi connectivity index (χ4v) is 3.71. The Hall–Kier alpha value is -2.35. The van der Waals surface area contributed by atoms with Gasteiger partial charge in [-0.2, -0.15) is 0 Å². The van der Waals surface area contributed by atoms with Crippen LogP contribution in [0.3, 0.4) is 0 Å². The lowest BCUT2D eigenvalue weighted by Crippen LogP contribution is -2.38. The molecule has 0 spiro atoms. The molecule has 1 aliphatic heterocycles. The van der Waals surface area contributed by atoms with Crippen molar-refractivity contribution in [1.29, 1.82) is 0 Å². The van der Waals surface area contributed by atoms with Gasteiger partial charge in [0.2, 0.25) is 5.91 Å². The Bertz CT molecular complexity index is 819. The molecule has 0 saturated carbocycles. The van der Waals surface area contributed by atoms with Crippen molar-refractivity contribution in [2.24, 2.45) is 5.73 Å². The van der Waals surface area contributed by atoms with E-state index < -0.39 is 5.91 Å². The summed E-state index contributed by atoms with van der Waals surface area (Å²) in [6.45, 7) is 2.37. The molecule has 0 aromatic heterocycles. The van der Waals surface area contributed by atoms with Crippen LogP contribution < -0.4 is 20.7 Å². The first kappa shape index (κ1) is 18.4. The Kier molecular flexibility index (Phi) is 5.31. The number of halogens is 1. The Morgan fingerprint density at radius 3 is 2.62 bits per heavy atom. The first-order chi connectivity index (χ1) is 12.4. The van der Waals surface area contributed by atoms with E-state index in [4.69, 9.17) is 10.5 Å². The lowest BCUT2D eigenvalue weighted by Gasteiger charge is -2.29. The van der Waals surface area contributed by atoms with Gasteiger partial charge in [0.05, 0.1) is 11.4 Å². The Balaban J connectivity index is 1.93. The number of nitrogens with two attached hydrogens (primary N) is 1. The summed E-state index contributed by atoms with van der Waals surface area (Å²) in [7, 11) is 0. The second-order valence-electron chi connectivity index (χ2n) is 6.21. The van der Waals surface area contributed by atoms with Crippen LogP contribution in [0.1, 0.15) is 32.6 Å². The molecule has 1 aromatic rings. The highest BCUT2D eigenvalue weighted by atomic mass is 79.9. The van der Waals surface area contributed by atoms with Crippen LogP contribution in [0.25, 0.3) is 0 Å². The average molecular weight is 422 g/mol. The fourth-order valence-electron chi connectivity index (χ4n) is 3.29. The summed E-state index contributed by atoms with van der Waals surface area (Å²) < 4.78 is 6.10. The molecule has 3 rings (SSSR count). The number of fused-ring (bicyclic) bond motifs is 1. The number of anilines is 2. The number of hydrogen-bond donors (Lipinski definition) is 2. The van der Waals surface area contributed by atoms with E-state index in [0.717, 1.165) is 12.8 Å². The van der Waals surface area contributed by atoms with Crippen LogP contribution in [0.5, 0.6) is 5.75 Å². The summed E-state index contributed by atoms with van der Waals surface area (Å²) in [5, 5.41) is 2.83. The molecule has 0 bridgehead atoms. The number of primary amides is 1. The van der Waals surface area contributed by atoms with E-state index >= 15 is 0 Å². The minimum atomic E-state index is -0.546. The zero-order valence-corrected chi connectivity index (χ0v) is 16.0. The van der Waals surface area contributed by atoms with Crippen molar-refractivity contribution in [2.45, 2.75) is 32.6 Å². The minimum Gasteiger partial charge on any atom is -0.482 e. The second-order valence-corrected chi connectivity index (χ2v) is 7.06. The van der Waals surface area contributed by atoms with Gasteiger partial charge in [0, 0.05) is 22.2 Å². The average Bonchev–Trinajstić information content (AvgIpc) is 2.62. The molecule has 2 aliphatic rings. The molecule has 0 atom stereocenters. The molecule has 0 unspecified atom stereocenters. The fraction of sp³-hybridized carbons (Fsp3) is 0.389. The summed E-state index contributed by atoms with van der Waals surface area (Å²) >= 11 is 3.42. The highest BCUT2D eigenvalue weighted by Gasteiger charge is 2.27. The van der Waals surface area contributed by atoms with E-state index in [-0.39, 0.29) is 18.4 Å². The molecule has 3 N–H and O–H groups in total. The number of nitrogens with zero attached hydrogens (tertiary/aromatic N) is 1. The van der Waals surface area contributed by atoms with Crippen LogP contribution in [0.2, 0.25) is 0 Å². The number of benzene rings is 1. The molecule has 3 amide bonds. The maximum absolute atomic E-state index is 12.7. The minimum absolute atomic E-state index is 0.00611. The number of carbonyl (C=O) groups is 3. The van der Waals surface area contributed by atoms with E-state index in [0.29, 0.717) is 52.1 Å². The van der Waals surface area contributed by atoms with Crippen molar-refractivity contribution < 1.29 is 19.1 Å². The third-order valence-corrected chi connectivity index (χ3v) is 5.25. The van der Waals surface area contributed by atoms with Gasteiger partial charge in [-0.15, -0.1) is 0 Å². The number of carbonyl (C=O) groups excluding carboxylic acids is 3. The quantitative estimate of drug-likeness (QED) is 0.779. The zero-order chi connectivity index (χ0) is 18.8. The van der Waals surface area contributed by atoms with Crippen molar-refractivity contribution in [3.05, 3.63) is 27.8 Å². The molecule has 1 heterocycles. The van der Waals surface area contributed by atoms with Crippen LogP contribution in [-0.2, 0) is 14.4 Å². The Morgan fingerprint density at radius 1 is 1.27 bits per heavy atom. The second kappa shape index (κ2) is 7.49. The van der Waals surface area contributed by atoms with Gasteiger partial charge in [-0.1, -0.05) is 0 Å². The van der Waals surface area contributed by atoms with Crippen molar-refractivity contribution in [3.63, 3.8) is 0 Å². The third-order valence-electron chi connectivity index (χ3n) is 4.60. The molecule has 8 heteroatoms. The largest absolute Gasteiger partial charge is 0.482 e. The number of nitrogens with one attached hydrogen (secondary N) is 1. The van der Waals surface area contributed by atoms with Crippen molar-refractivity contribution in [2.75, 3.05) is 23.4 Å².